The Balaban J connectivity index is 1.44. The molecule has 1 N–H and O–H groups in total. The second-order valence-electron chi connectivity index (χ2n) is 9.75. The van der Waals surface area contributed by atoms with Gasteiger partial charge in [0, 0.05) is 56.5 Å². The van der Waals surface area contributed by atoms with E-state index in [2.05, 4.69) is 15.4 Å². The number of aromatic nitrogens is 4. The Labute approximate surface area is 215 Å². The van der Waals surface area contributed by atoms with Crippen molar-refractivity contribution in [1.82, 2.24) is 29.5 Å². The number of benzene rings is 1. The number of halogens is 1. The van der Waals surface area contributed by atoms with Crippen LogP contribution < -0.4 is 10.2 Å². The number of hydrogen-bond donors (Lipinski definition) is 1. The Morgan fingerprint density at radius 3 is 2.49 bits per heavy atom. The fourth-order valence-corrected chi connectivity index (χ4v) is 4.69. The number of nitrogens with one attached hydrogen (secondary N) is 1. The molecule has 11 heteroatoms. The summed E-state index contributed by atoms with van der Waals surface area (Å²) in [6.07, 6.45) is 3.48. The Hall–Kier alpha value is -4.02. The molecule has 2 amide bonds. The smallest absolute Gasteiger partial charge is 0.273 e. The average Bonchev–Trinajstić information content (AvgIpc) is 3.50. The van der Waals surface area contributed by atoms with Gasteiger partial charge in [-0.05, 0) is 32.9 Å². The quantitative estimate of drug-likeness (QED) is 0.549. The first-order valence-electron chi connectivity index (χ1n) is 12.5. The highest BCUT2D eigenvalue weighted by atomic mass is 19.1. The Morgan fingerprint density at radius 1 is 1.08 bits per heavy atom. The lowest BCUT2D eigenvalue weighted by Crippen LogP contribution is -2.48. The molecule has 194 valence electrons. The molecule has 5 rings (SSSR count). The first-order valence-corrected chi connectivity index (χ1v) is 12.5. The van der Waals surface area contributed by atoms with E-state index < -0.39 is 0 Å². The number of carbonyl (C=O) groups excluding carboxylic acids is 2. The summed E-state index contributed by atoms with van der Waals surface area (Å²) in [4.78, 5) is 40.1. The Kier molecular flexibility index (Phi) is 6.53. The number of rotatable bonds is 6. The van der Waals surface area contributed by atoms with Crippen molar-refractivity contribution in [3.63, 3.8) is 0 Å². The summed E-state index contributed by atoms with van der Waals surface area (Å²) in [6, 6.07) is 6.28. The highest BCUT2D eigenvalue weighted by molar-refractivity contribution is 5.98. The van der Waals surface area contributed by atoms with Gasteiger partial charge in [0.1, 0.15) is 23.0 Å². The van der Waals surface area contributed by atoms with Crippen molar-refractivity contribution >= 4 is 23.6 Å². The van der Waals surface area contributed by atoms with E-state index in [9.17, 15) is 14.0 Å². The van der Waals surface area contributed by atoms with Crippen LogP contribution in [0.5, 0.6) is 0 Å². The molecule has 2 aliphatic heterocycles. The minimum atomic E-state index is -0.354. The predicted molar refractivity (Wildman–Crippen MR) is 137 cm³/mol. The molecule has 1 fully saturated rings. The van der Waals surface area contributed by atoms with Gasteiger partial charge in [0.25, 0.3) is 5.91 Å². The lowest BCUT2D eigenvalue weighted by Gasteiger charge is -2.34. The molecule has 0 bridgehead atoms. The van der Waals surface area contributed by atoms with Crippen molar-refractivity contribution in [3.8, 4) is 5.69 Å². The molecular weight excluding hydrogens is 475 g/mol. The molecule has 0 spiro atoms. The van der Waals surface area contributed by atoms with Gasteiger partial charge in [-0.25, -0.2) is 14.1 Å². The molecular formula is C26H31FN8O2. The average molecular weight is 507 g/mol. The van der Waals surface area contributed by atoms with Gasteiger partial charge in [0.15, 0.2) is 0 Å². The molecule has 0 aliphatic carbocycles. The van der Waals surface area contributed by atoms with Crippen molar-refractivity contribution < 1.29 is 14.0 Å². The second kappa shape index (κ2) is 9.79. The third-order valence-corrected chi connectivity index (χ3v) is 6.97. The van der Waals surface area contributed by atoms with Gasteiger partial charge in [-0.2, -0.15) is 10.1 Å². The van der Waals surface area contributed by atoms with Crippen LogP contribution in [0.25, 0.3) is 5.69 Å². The van der Waals surface area contributed by atoms with Crippen molar-refractivity contribution in [1.29, 1.82) is 0 Å². The minimum Gasteiger partial charge on any atom is -0.363 e. The molecule has 10 nitrogen and oxygen atoms in total. The van der Waals surface area contributed by atoms with E-state index in [0.717, 1.165) is 11.1 Å². The van der Waals surface area contributed by atoms with E-state index in [1.807, 2.05) is 25.7 Å². The summed E-state index contributed by atoms with van der Waals surface area (Å²) in [5.74, 6) is 0.644. The molecule has 1 atom stereocenters. The maximum Gasteiger partial charge on any atom is 0.273 e. The standard InChI is InChI=1S/C26H31FN8O2/c1-16(2)34-15-20-23(25(34)37)30-26(33-11-9-32(10-12-33)18(4)36)31-24(20)29-17(3)19-13-28-35(14-19)22-8-6-5-7-21(22)27/h5-8,13-14,16-17H,9-12,15H2,1-4H3,(H,29,30,31). The van der Waals surface area contributed by atoms with Gasteiger partial charge in [0.05, 0.1) is 18.8 Å². The molecule has 2 aliphatic rings. The highest BCUT2D eigenvalue weighted by Crippen LogP contribution is 2.32. The van der Waals surface area contributed by atoms with E-state index in [4.69, 9.17) is 4.98 Å². The first-order chi connectivity index (χ1) is 17.7. The molecule has 2 aromatic heterocycles. The van der Waals surface area contributed by atoms with Crippen LogP contribution in [0.2, 0.25) is 0 Å². The third-order valence-electron chi connectivity index (χ3n) is 6.97. The zero-order valence-corrected chi connectivity index (χ0v) is 21.5. The van der Waals surface area contributed by atoms with Crippen molar-refractivity contribution in [2.75, 3.05) is 36.4 Å². The molecule has 1 aromatic carbocycles. The molecule has 0 radical (unpaired) electrons. The summed E-state index contributed by atoms with van der Waals surface area (Å²) < 4.78 is 15.8. The number of carbonyl (C=O) groups is 2. The van der Waals surface area contributed by atoms with Gasteiger partial charge in [-0.1, -0.05) is 12.1 Å². The maximum atomic E-state index is 14.3. The molecule has 1 saturated heterocycles. The number of fused-ring (bicyclic) bond motifs is 1. The lowest BCUT2D eigenvalue weighted by molar-refractivity contribution is -0.129. The van der Waals surface area contributed by atoms with E-state index in [0.29, 0.717) is 55.9 Å². The van der Waals surface area contributed by atoms with E-state index in [1.165, 1.54) is 10.7 Å². The van der Waals surface area contributed by atoms with Gasteiger partial charge in [-0.3, -0.25) is 9.59 Å². The molecule has 0 saturated carbocycles. The monoisotopic (exact) mass is 506 g/mol. The summed E-state index contributed by atoms with van der Waals surface area (Å²) >= 11 is 0. The van der Waals surface area contributed by atoms with Crippen molar-refractivity contribution in [3.05, 3.63) is 59.3 Å². The van der Waals surface area contributed by atoms with Crippen molar-refractivity contribution in [2.45, 2.75) is 46.3 Å². The van der Waals surface area contributed by atoms with E-state index >= 15 is 0 Å². The lowest BCUT2D eigenvalue weighted by atomic mass is 10.1. The van der Waals surface area contributed by atoms with Gasteiger partial charge in [-0.15, -0.1) is 0 Å². The van der Waals surface area contributed by atoms with E-state index in [1.54, 1.807) is 47.3 Å². The summed E-state index contributed by atoms with van der Waals surface area (Å²) in [5.41, 5.74) is 2.38. The number of hydrogen-bond acceptors (Lipinski definition) is 7. The fourth-order valence-electron chi connectivity index (χ4n) is 4.69. The minimum absolute atomic E-state index is 0.0218. The Bertz CT molecular complexity index is 1330. The van der Waals surface area contributed by atoms with E-state index in [-0.39, 0.29) is 29.7 Å². The van der Waals surface area contributed by atoms with Gasteiger partial charge in [0.2, 0.25) is 11.9 Å². The topological polar surface area (TPSA) is 99.5 Å². The molecule has 37 heavy (non-hydrogen) atoms. The molecule has 1 unspecified atom stereocenters. The third kappa shape index (κ3) is 4.73. The van der Waals surface area contributed by atoms with Crippen LogP contribution in [0.4, 0.5) is 16.2 Å². The van der Waals surface area contributed by atoms with Crippen LogP contribution in [-0.4, -0.2) is 73.6 Å². The van der Waals surface area contributed by atoms with Crippen LogP contribution in [0, 0.1) is 5.82 Å². The summed E-state index contributed by atoms with van der Waals surface area (Å²) in [5, 5.41) is 7.80. The number of nitrogens with zero attached hydrogens (tertiary/aromatic N) is 7. The summed E-state index contributed by atoms with van der Waals surface area (Å²) in [6.45, 7) is 10.3. The van der Waals surface area contributed by atoms with Crippen LogP contribution >= 0.6 is 0 Å². The number of piperazine rings is 1. The van der Waals surface area contributed by atoms with Crippen LogP contribution in [-0.2, 0) is 11.3 Å². The van der Waals surface area contributed by atoms with Crippen LogP contribution in [0.3, 0.4) is 0 Å². The van der Waals surface area contributed by atoms with Gasteiger partial charge < -0.3 is 20.0 Å². The second-order valence-corrected chi connectivity index (χ2v) is 9.75. The first kappa shape index (κ1) is 24.7. The van der Waals surface area contributed by atoms with Crippen LogP contribution in [0.1, 0.15) is 55.4 Å². The number of amides is 2. The zero-order chi connectivity index (χ0) is 26.3. The molecule has 3 aromatic rings. The SMILES string of the molecule is CC(=O)N1CCN(c2nc(NC(C)c3cnn(-c4ccccc4F)c3)c3c(n2)C(=O)N(C(C)C)C3)CC1. The van der Waals surface area contributed by atoms with Gasteiger partial charge >= 0.3 is 0 Å². The zero-order valence-electron chi connectivity index (χ0n) is 21.5. The molecule has 4 heterocycles. The normalized spacial score (nSPS) is 16.4. The fraction of sp³-hybridized carbons (Fsp3) is 0.423. The predicted octanol–water partition coefficient (Wildman–Crippen LogP) is 3.01. The summed E-state index contributed by atoms with van der Waals surface area (Å²) in [7, 11) is 0. The largest absolute Gasteiger partial charge is 0.363 e. The van der Waals surface area contributed by atoms with Crippen LogP contribution in [0.15, 0.2) is 36.7 Å². The number of para-hydroxylation sites is 1. The highest BCUT2D eigenvalue weighted by Gasteiger charge is 2.35. The van der Waals surface area contributed by atoms with Crippen molar-refractivity contribution in [2.24, 2.45) is 0 Å². The maximum absolute atomic E-state index is 14.3. The Morgan fingerprint density at radius 2 is 1.81 bits per heavy atom. The number of anilines is 2.